The molecule has 0 aliphatic carbocycles. The third kappa shape index (κ3) is 19.5. The van der Waals surface area contributed by atoms with Gasteiger partial charge in [0.05, 0.1) is 13.2 Å². The number of hydrogen-bond acceptors (Lipinski definition) is 2. The summed E-state index contributed by atoms with van der Waals surface area (Å²) in [6, 6.07) is 0. The number of aliphatic hydroxyl groups excluding tert-OH is 1. The van der Waals surface area contributed by atoms with Crippen molar-refractivity contribution >= 4 is 0 Å². The van der Waals surface area contributed by atoms with Crippen molar-refractivity contribution < 1.29 is 9.84 Å². The van der Waals surface area contributed by atoms with Crippen LogP contribution in [0.1, 0.15) is 73.1 Å². The van der Waals surface area contributed by atoms with E-state index in [1.807, 2.05) is 0 Å². The molecular weight excluding hydrogens is 200 g/mol. The maximum absolute atomic E-state index is 8.46. The zero-order valence-electron chi connectivity index (χ0n) is 9.63. The molecule has 0 radical (unpaired) electrons. The third-order valence-electron chi connectivity index (χ3n) is 2.38. The van der Waals surface area contributed by atoms with Crippen molar-refractivity contribution in [3.63, 3.8) is 0 Å². The van der Waals surface area contributed by atoms with E-state index in [-0.39, 0.29) is 21.5 Å². The lowest BCUT2D eigenvalue weighted by Crippen LogP contribution is -2.00. The van der Waals surface area contributed by atoms with Crippen molar-refractivity contribution in [3.8, 4) is 0 Å². The molecule has 0 amide bonds. The molecule has 2 heteroatoms. The summed E-state index contributed by atoms with van der Waals surface area (Å²) in [5.41, 5.74) is 0. The number of unbranched alkanes of at least 4 members (excludes halogenated alkanes) is 7. The molecule has 0 rings (SSSR count). The van der Waals surface area contributed by atoms with Gasteiger partial charge in [0, 0.05) is 6.61 Å². The van der Waals surface area contributed by atoms with Gasteiger partial charge in [-0.25, -0.2) is 0 Å². The Labute approximate surface area is 103 Å². The van der Waals surface area contributed by atoms with Crippen LogP contribution >= 0.6 is 0 Å². The van der Waals surface area contributed by atoms with Crippen LogP contribution in [0.4, 0.5) is 0 Å². The fourth-order valence-corrected chi connectivity index (χ4v) is 1.50. The van der Waals surface area contributed by atoms with E-state index >= 15 is 0 Å². The molecule has 0 spiro atoms. The van der Waals surface area contributed by atoms with Gasteiger partial charge in [0.25, 0.3) is 0 Å². The summed E-state index contributed by atoms with van der Waals surface area (Å²) in [7, 11) is 0. The summed E-state index contributed by atoms with van der Waals surface area (Å²) in [4.78, 5) is 0. The van der Waals surface area contributed by atoms with Gasteiger partial charge in [-0.1, -0.05) is 66.7 Å². The summed E-state index contributed by atoms with van der Waals surface area (Å²) < 4.78 is 5.18. The molecule has 102 valence electrons. The molecule has 0 aliphatic rings. The highest BCUT2D eigenvalue weighted by Gasteiger charge is 1.91. The Morgan fingerprint density at radius 2 is 1.25 bits per heavy atom. The molecule has 0 saturated heterocycles. The lowest BCUT2D eigenvalue weighted by Gasteiger charge is -2.02. The number of aliphatic hydroxyl groups is 1. The van der Waals surface area contributed by atoms with Crippen LogP contribution in [-0.4, -0.2) is 24.9 Å². The second-order valence-corrected chi connectivity index (χ2v) is 3.81. The Morgan fingerprint density at radius 3 is 1.75 bits per heavy atom. The van der Waals surface area contributed by atoms with E-state index < -0.39 is 0 Å². The monoisotopic (exact) mass is 234 g/mol. The van der Waals surface area contributed by atoms with Gasteiger partial charge in [-0.05, 0) is 6.42 Å². The normalized spacial score (nSPS) is 9.38. The fraction of sp³-hybridized carbons (Fsp3) is 1.00. The molecule has 0 saturated carbocycles. The quantitative estimate of drug-likeness (QED) is 0.537. The summed E-state index contributed by atoms with van der Waals surface area (Å²) in [6.45, 7) is 3.71. The topological polar surface area (TPSA) is 29.5 Å². The smallest absolute Gasteiger partial charge is 0.0697 e. The Hall–Kier alpha value is -0.0800. The summed E-state index contributed by atoms with van der Waals surface area (Å²) in [6.07, 6.45) is 10.6. The van der Waals surface area contributed by atoms with Crippen LogP contribution in [0.5, 0.6) is 0 Å². The van der Waals surface area contributed by atoms with E-state index in [1.165, 1.54) is 44.9 Å². The van der Waals surface area contributed by atoms with Crippen LogP contribution in [0, 0.1) is 0 Å². The Morgan fingerprint density at radius 1 is 0.750 bits per heavy atom. The molecule has 0 aliphatic heterocycles. The minimum atomic E-state index is 0. The second-order valence-electron chi connectivity index (χ2n) is 3.81. The first-order valence-electron chi connectivity index (χ1n) is 6.10. The largest absolute Gasteiger partial charge is 0.394 e. The van der Waals surface area contributed by atoms with Crippen LogP contribution in [0.2, 0.25) is 0 Å². The number of hydrogen-bond donors (Lipinski definition) is 1. The number of ether oxygens (including phenoxy) is 1. The third-order valence-corrected chi connectivity index (χ3v) is 2.38. The van der Waals surface area contributed by atoms with Crippen LogP contribution in [0.15, 0.2) is 0 Å². The van der Waals surface area contributed by atoms with E-state index in [0.717, 1.165) is 13.0 Å². The van der Waals surface area contributed by atoms with Gasteiger partial charge >= 0.3 is 0 Å². The zero-order valence-corrected chi connectivity index (χ0v) is 9.63. The zero-order chi connectivity index (χ0) is 10.5. The van der Waals surface area contributed by atoms with Crippen LogP contribution in [0.3, 0.4) is 0 Å². The highest BCUT2D eigenvalue weighted by Crippen LogP contribution is 2.08. The Kier molecular flexibility index (Phi) is 27.0. The first-order chi connectivity index (χ1) is 6.91. The van der Waals surface area contributed by atoms with Crippen LogP contribution < -0.4 is 0 Å². The lowest BCUT2D eigenvalue weighted by atomic mass is 10.1. The standard InChI is InChI=1S/C12H26O2.2CH4/c1-2-3-4-5-6-7-8-9-11-14-12-10-13;;/h13H,2-12H2,1H3;2*1H4. The summed E-state index contributed by atoms with van der Waals surface area (Å²) in [5.74, 6) is 0. The van der Waals surface area contributed by atoms with Gasteiger partial charge in [-0.2, -0.15) is 0 Å². The first-order valence-corrected chi connectivity index (χ1v) is 6.10. The maximum atomic E-state index is 8.46. The van der Waals surface area contributed by atoms with Crippen molar-refractivity contribution in [3.05, 3.63) is 0 Å². The predicted octanol–water partition coefficient (Wildman–Crippen LogP) is 4.41. The van der Waals surface area contributed by atoms with Gasteiger partial charge < -0.3 is 9.84 Å². The van der Waals surface area contributed by atoms with Gasteiger partial charge in [0.2, 0.25) is 0 Å². The molecule has 0 fully saturated rings. The molecule has 0 aromatic carbocycles. The Bertz CT molecular complexity index is 82.7. The molecular formula is C14H34O2. The summed E-state index contributed by atoms with van der Waals surface area (Å²) in [5, 5.41) is 8.46. The molecule has 0 aromatic rings. The molecule has 0 unspecified atom stereocenters. The average molecular weight is 234 g/mol. The second kappa shape index (κ2) is 20.3. The van der Waals surface area contributed by atoms with Crippen LogP contribution in [-0.2, 0) is 4.74 Å². The average Bonchev–Trinajstić information content (AvgIpc) is 2.21. The lowest BCUT2D eigenvalue weighted by molar-refractivity contribution is 0.0895. The van der Waals surface area contributed by atoms with E-state index in [9.17, 15) is 0 Å². The van der Waals surface area contributed by atoms with Gasteiger partial charge in [-0.15, -0.1) is 0 Å². The molecule has 0 bridgehead atoms. The van der Waals surface area contributed by atoms with Crippen molar-refractivity contribution in [2.24, 2.45) is 0 Å². The molecule has 1 N–H and O–H groups in total. The molecule has 2 nitrogen and oxygen atoms in total. The van der Waals surface area contributed by atoms with Crippen molar-refractivity contribution in [1.82, 2.24) is 0 Å². The predicted molar refractivity (Wildman–Crippen MR) is 74.0 cm³/mol. The van der Waals surface area contributed by atoms with Gasteiger partial charge in [0.1, 0.15) is 0 Å². The van der Waals surface area contributed by atoms with E-state index in [2.05, 4.69) is 6.92 Å². The fourth-order valence-electron chi connectivity index (χ4n) is 1.50. The SMILES string of the molecule is C.C.CCCCCCCCCCOCCO. The van der Waals surface area contributed by atoms with Crippen molar-refractivity contribution in [2.45, 2.75) is 73.1 Å². The van der Waals surface area contributed by atoms with Crippen molar-refractivity contribution in [1.29, 1.82) is 0 Å². The first kappa shape index (κ1) is 21.2. The molecule has 0 aromatic heterocycles. The summed E-state index contributed by atoms with van der Waals surface area (Å²) >= 11 is 0. The maximum Gasteiger partial charge on any atom is 0.0697 e. The highest BCUT2D eigenvalue weighted by atomic mass is 16.5. The minimum Gasteiger partial charge on any atom is -0.394 e. The van der Waals surface area contributed by atoms with E-state index in [0.29, 0.717) is 6.61 Å². The van der Waals surface area contributed by atoms with Gasteiger partial charge in [-0.3, -0.25) is 0 Å². The molecule has 0 heterocycles. The number of rotatable bonds is 11. The van der Waals surface area contributed by atoms with E-state index in [4.69, 9.17) is 9.84 Å². The molecule has 0 atom stereocenters. The van der Waals surface area contributed by atoms with Gasteiger partial charge in [0.15, 0.2) is 0 Å². The highest BCUT2D eigenvalue weighted by molar-refractivity contribution is 4.45. The Balaban J connectivity index is -0.000000845. The van der Waals surface area contributed by atoms with Crippen LogP contribution in [0.25, 0.3) is 0 Å². The van der Waals surface area contributed by atoms with Crippen molar-refractivity contribution in [2.75, 3.05) is 19.8 Å². The minimum absolute atomic E-state index is 0. The van der Waals surface area contributed by atoms with E-state index in [1.54, 1.807) is 0 Å². The molecule has 16 heavy (non-hydrogen) atoms.